The maximum Gasteiger partial charge on any atom is 0.141 e. The summed E-state index contributed by atoms with van der Waals surface area (Å²) in [4.78, 5) is 17.0. The fourth-order valence-corrected chi connectivity index (χ4v) is 6.74. The highest BCUT2D eigenvalue weighted by Crippen LogP contribution is 2.35. The van der Waals surface area contributed by atoms with Crippen molar-refractivity contribution in [2.24, 2.45) is 23.7 Å². The fraction of sp³-hybridized carbons (Fsp3) is 0.567. The van der Waals surface area contributed by atoms with Crippen LogP contribution < -0.4 is 0 Å². The summed E-state index contributed by atoms with van der Waals surface area (Å²) in [6.45, 7) is 6.15. The zero-order valence-electron chi connectivity index (χ0n) is 20.4. The number of nitrogens with zero attached hydrogens (tertiary/aromatic N) is 2. The van der Waals surface area contributed by atoms with E-state index in [1.54, 1.807) is 0 Å². The summed E-state index contributed by atoms with van der Waals surface area (Å²) in [6, 6.07) is 21.2. The number of carbonyl (C=O) groups is 1. The molecule has 4 fully saturated rings. The predicted octanol–water partition coefficient (Wildman–Crippen LogP) is 4.77. The molecule has 2 aromatic carbocycles. The van der Waals surface area contributed by atoms with Gasteiger partial charge in [0, 0.05) is 51.1 Å². The highest BCUT2D eigenvalue weighted by Gasteiger charge is 2.38. The monoisotopic (exact) mass is 460 g/mol. The first-order chi connectivity index (χ1) is 16.7. The Hall–Kier alpha value is -2.01. The Kier molecular flexibility index (Phi) is 7.78. The van der Waals surface area contributed by atoms with Gasteiger partial charge < -0.3 is 5.11 Å². The summed E-state index contributed by atoms with van der Waals surface area (Å²) in [5.41, 5.74) is 2.75. The van der Waals surface area contributed by atoms with Crippen LogP contribution in [0.15, 0.2) is 60.7 Å². The molecule has 2 aliphatic heterocycles. The average molecular weight is 461 g/mol. The number of piperidine rings is 2. The standard InChI is InChI=1S/C15H21NO.C15H19NO/c2*17-15-13-7-4-8-14(15)11-16(10-13)9-12-5-2-1-3-6-12/h1-3,5-6,13-15,17H,4,7-11H2;1-3,5-6,13-14H,4,7-11H2. The van der Waals surface area contributed by atoms with Crippen LogP contribution in [0.25, 0.3) is 0 Å². The van der Waals surface area contributed by atoms with Crippen LogP contribution in [0.5, 0.6) is 0 Å². The Balaban J connectivity index is 0.000000142. The second-order valence-electron chi connectivity index (χ2n) is 11.0. The van der Waals surface area contributed by atoms with Crippen LogP contribution in [-0.2, 0) is 17.9 Å². The lowest BCUT2D eigenvalue weighted by atomic mass is 9.75. The molecule has 0 aromatic heterocycles. The summed E-state index contributed by atoms with van der Waals surface area (Å²) in [7, 11) is 0. The van der Waals surface area contributed by atoms with Gasteiger partial charge in [0.2, 0.25) is 0 Å². The highest BCUT2D eigenvalue weighted by atomic mass is 16.3. The molecule has 4 heteroatoms. The largest absolute Gasteiger partial charge is 0.392 e. The third-order valence-electron chi connectivity index (χ3n) is 8.47. The Labute approximate surface area is 205 Å². The molecular weight excluding hydrogens is 420 g/mol. The van der Waals surface area contributed by atoms with Crippen molar-refractivity contribution >= 4 is 5.78 Å². The molecule has 182 valence electrons. The molecule has 4 aliphatic rings. The van der Waals surface area contributed by atoms with Gasteiger partial charge in [-0.1, -0.05) is 73.5 Å². The summed E-state index contributed by atoms with van der Waals surface area (Å²) in [5, 5.41) is 10.1. The topological polar surface area (TPSA) is 43.8 Å². The van der Waals surface area contributed by atoms with Gasteiger partial charge >= 0.3 is 0 Å². The first kappa shape index (κ1) is 23.7. The molecule has 0 amide bonds. The number of aliphatic hydroxyl groups is 1. The van der Waals surface area contributed by atoms with E-state index in [0.717, 1.165) is 52.1 Å². The Bertz CT molecular complexity index is 888. The predicted molar refractivity (Wildman–Crippen MR) is 136 cm³/mol. The quantitative estimate of drug-likeness (QED) is 0.714. The number of rotatable bonds is 4. The van der Waals surface area contributed by atoms with E-state index in [1.165, 1.54) is 36.8 Å². The normalized spacial score (nSPS) is 31.4. The molecule has 2 saturated heterocycles. The molecule has 4 bridgehead atoms. The van der Waals surface area contributed by atoms with Gasteiger partial charge in [-0.3, -0.25) is 14.6 Å². The van der Waals surface area contributed by atoms with E-state index >= 15 is 0 Å². The average Bonchev–Trinajstić information content (AvgIpc) is 2.82. The number of hydrogen-bond donors (Lipinski definition) is 1. The molecule has 0 spiro atoms. The lowest BCUT2D eigenvalue weighted by Gasteiger charge is -2.45. The molecule has 4 unspecified atom stereocenters. The van der Waals surface area contributed by atoms with Gasteiger partial charge in [-0.05, 0) is 48.6 Å². The van der Waals surface area contributed by atoms with E-state index in [-0.39, 0.29) is 6.10 Å². The number of benzene rings is 2. The van der Waals surface area contributed by atoms with E-state index < -0.39 is 0 Å². The van der Waals surface area contributed by atoms with E-state index in [0.29, 0.717) is 29.5 Å². The van der Waals surface area contributed by atoms with Crippen molar-refractivity contribution in [3.63, 3.8) is 0 Å². The SMILES string of the molecule is O=C1C2CCCC1CN(Cc1ccccc1)C2.OC1C2CCCC1CN(Cc1ccccc1)C2. The Morgan fingerprint density at radius 1 is 0.647 bits per heavy atom. The molecule has 34 heavy (non-hydrogen) atoms. The van der Waals surface area contributed by atoms with Crippen molar-refractivity contribution < 1.29 is 9.90 Å². The smallest absolute Gasteiger partial charge is 0.141 e. The Morgan fingerprint density at radius 2 is 1.09 bits per heavy atom. The maximum atomic E-state index is 12.0. The van der Waals surface area contributed by atoms with E-state index in [2.05, 4.69) is 70.5 Å². The fourth-order valence-electron chi connectivity index (χ4n) is 6.74. The zero-order valence-corrected chi connectivity index (χ0v) is 20.4. The maximum absolute atomic E-state index is 12.0. The number of hydrogen-bond acceptors (Lipinski definition) is 4. The highest BCUT2D eigenvalue weighted by molar-refractivity contribution is 5.85. The van der Waals surface area contributed by atoms with E-state index in [1.807, 2.05) is 0 Å². The van der Waals surface area contributed by atoms with Crippen LogP contribution in [0.4, 0.5) is 0 Å². The molecule has 2 saturated carbocycles. The van der Waals surface area contributed by atoms with Gasteiger partial charge in [-0.25, -0.2) is 0 Å². The van der Waals surface area contributed by atoms with Crippen molar-refractivity contribution in [3.05, 3.63) is 71.8 Å². The Morgan fingerprint density at radius 3 is 1.59 bits per heavy atom. The van der Waals surface area contributed by atoms with Crippen LogP contribution in [0.2, 0.25) is 0 Å². The molecule has 2 aromatic rings. The number of carbonyl (C=O) groups excluding carboxylic acids is 1. The van der Waals surface area contributed by atoms with Crippen molar-refractivity contribution in [3.8, 4) is 0 Å². The lowest BCUT2D eigenvalue weighted by Crippen LogP contribution is -2.51. The number of aliphatic hydroxyl groups excluding tert-OH is 1. The second kappa shape index (κ2) is 11.2. The first-order valence-corrected chi connectivity index (χ1v) is 13.4. The minimum absolute atomic E-state index is 0.0317. The third kappa shape index (κ3) is 5.79. The molecule has 2 heterocycles. The number of fused-ring (bicyclic) bond motifs is 4. The van der Waals surface area contributed by atoms with Gasteiger partial charge in [-0.15, -0.1) is 0 Å². The summed E-state index contributed by atoms with van der Waals surface area (Å²) in [6.07, 6.45) is 7.18. The van der Waals surface area contributed by atoms with Gasteiger partial charge in [0.1, 0.15) is 5.78 Å². The summed E-state index contributed by atoms with van der Waals surface area (Å²) in [5.74, 6) is 2.23. The summed E-state index contributed by atoms with van der Waals surface area (Å²) < 4.78 is 0. The molecule has 4 nitrogen and oxygen atoms in total. The van der Waals surface area contributed by atoms with Crippen LogP contribution in [0.1, 0.15) is 49.7 Å². The molecular formula is C30H40N2O2. The van der Waals surface area contributed by atoms with Crippen molar-refractivity contribution in [1.29, 1.82) is 0 Å². The summed E-state index contributed by atoms with van der Waals surface area (Å²) >= 11 is 0. The van der Waals surface area contributed by atoms with Crippen LogP contribution in [-0.4, -0.2) is 53.0 Å². The third-order valence-corrected chi connectivity index (χ3v) is 8.47. The van der Waals surface area contributed by atoms with Crippen LogP contribution >= 0.6 is 0 Å². The van der Waals surface area contributed by atoms with Crippen molar-refractivity contribution in [1.82, 2.24) is 9.80 Å². The second-order valence-corrected chi connectivity index (χ2v) is 11.0. The minimum atomic E-state index is -0.0317. The van der Waals surface area contributed by atoms with Gasteiger partial charge in [0.15, 0.2) is 0 Å². The van der Waals surface area contributed by atoms with Gasteiger partial charge in [0.25, 0.3) is 0 Å². The lowest BCUT2D eigenvalue weighted by molar-refractivity contribution is -0.134. The van der Waals surface area contributed by atoms with Crippen LogP contribution in [0, 0.1) is 23.7 Å². The number of Topliss-reactive ketones (excluding diaryl/α,β-unsaturated/α-hetero) is 1. The van der Waals surface area contributed by atoms with Gasteiger partial charge in [-0.2, -0.15) is 0 Å². The van der Waals surface area contributed by atoms with Crippen molar-refractivity contribution in [2.75, 3.05) is 26.2 Å². The van der Waals surface area contributed by atoms with Gasteiger partial charge in [0.05, 0.1) is 6.10 Å². The van der Waals surface area contributed by atoms with Crippen molar-refractivity contribution in [2.45, 2.75) is 57.7 Å². The number of ketones is 1. The molecule has 4 atom stereocenters. The van der Waals surface area contributed by atoms with E-state index in [4.69, 9.17) is 0 Å². The first-order valence-electron chi connectivity index (χ1n) is 13.4. The molecule has 1 N–H and O–H groups in total. The number of likely N-dealkylation sites (tertiary alicyclic amines) is 2. The van der Waals surface area contributed by atoms with Crippen LogP contribution in [0.3, 0.4) is 0 Å². The zero-order chi connectivity index (χ0) is 23.3. The molecule has 0 radical (unpaired) electrons. The molecule has 2 aliphatic carbocycles. The van der Waals surface area contributed by atoms with E-state index in [9.17, 15) is 9.90 Å². The molecule has 6 rings (SSSR count). The minimum Gasteiger partial charge on any atom is -0.392 e.